The number of aromatic hydroxyl groups is 2. The van der Waals surface area contributed by atoms with Gasteiger partial charge in [-0.1, -0.05) is 0 Å². The quantitative estimate of drug-likeness (QED) is 0.363. The van der Waals surface area contributed by atoms with Gasteiger partial charge < -0.3 is 44.2 Å². The van der Waals surface area contributed by atoms with Crippen LogP contribution in [-0.4, -0.2) is 68.4 Å². The van der Waals surface area contributed by atoms with Gasteiger partial charge in [0.2, 0.25) is 6.29 Å². The van der Waals surface area contributed by atoms with Gasteiger partial charge in [-0.3, -0.25) is 0 Å². The minimum atomic E-state index is -1.47. The van der Waals surface area contributed by atoms with E-state index in [-0.39, 0.29) is 35.6 Å². The second-order valence-corrected chi connectivity index (χ2v) is 9.13. The van der Waals surface area contributed by atoms with Crippen LogP contribution in [0.4, 0.5) is 0 Å². The first kappa shape index (κ1) is 22.0. The average Bonchev–Trinajstić information content (AvgIpc) is 3.15. The molecule has 9 nitrogen and oxygen atoms in total. The fraction of sp³-hybridized carbons (Fsp3) is 0.417. The molecular formula is C24H26O9. The van der Waals surface area contributed by atoms with Crippen LogP contribution >= 0.6 is 0 Å². The lowest BCUT2D eigenvalue weighted by Crippen LogP contribution is -2.54. The van der Waals surface area contributed by atoms with Crippen LogP contribution in [0.2, 0.25) is 0 Å². The highest BCUT2D eigenvalue weighted by atomic mass is 16.7. The van der Waals surface area contributed by atoms with Crippen LogP contribution in [0.1, 0.15) is 19.4 Å². The standard InChI is InChI=1S/C24H26O9/c1-24(2)20(33-24)7-11-3-12-6-18(32-19(12)9-16(11)26)13-4-14(25)8-15(5-13)31-23-22(29)21(28)17(27)10-30-23/h3-6,8-9,17,20-23,25-29H,7,10H2,1-2H3/t17-,20+,21+,22-,23+/m1/s1. The molecule has 3 aromatic rings. The molecule has 176 valence electrons. The molecule has 0 saturated carbocycles. The zero-order chi connectivity index (χ0) is 23.5. The first-order valence-corrected chi connectivity index (χ1v) is 10.7. The molecule has 9 heteroatoms. The van der Waals surface area contributed by atoms with Crippen molar-refractivity contribution in [3.8, 4) is 28.6 Å². The van der Waals surface area contributed by atoms with E-state index in [0.29, 0.717) is 23.3 Å². The van der Waals surface area contributed by atoms with E-state index in [1.54, 1.807) is 18.2 Å². The molecule has 5 atom stereocenters. The smallest absolute Gasteiger partial charge is 0.228 e. The molecular weight excluding hydrogens is 432 g/mol. The molecule has 0 amide bonds. The van der Waals surface area contributed by atoms with E-state index < -0.39 is 24.6 Å². The van der Waals surface area contributed by atoms with E-state index in [0.717, 1.165) is 10.9 Å². The summed E-state index contributed by atoms with van der Waals surface area (Å²) >= 11 is 0. The molecule has 0 bridgehead atoms. The fourth-order valence-corrected chi connectivity index (χ4v) is 4.06. The number of aliphatic hydroxyl groups excluding tert-OH is 3. The number of phenols is 2. The van der Waals surface area contributed by atoms with Crippen molar-refractivity contribution in [2.75, 3.05) is 6.61 Å². The highest BCUT2D eigenvalue weighted by Crippen LogP contribution is 2.41. The van der Waals surface area contributed by atoms with Gasteiger partial charge in [0.1, 0.15) is 46.9 Å². The van der Waals surface area contributed by atoms with Gasteiger partial charge in [0.05, 0.1) is 18.3 Å². The molecule has 5 N–H and O–H groups in total. The lowest BCUT2D eigenvalue weighted by Gasteiger charge is -2.34. The zero-order valence-electron chi connectivity index (χ0n) is 18.1. The maximum Gasteiger partial charge on any atom is 0.228 e. The highest BCUT2D eigenvalue weighted by Gasteiger charge is 2.47. The monoisotopic (exact) mass is 458 g/mol. The molecule has 2 saturated heterocycles. The van der Waals surface area contributed by atoms with Crippen LogP contribution in [0.25, 0.3) is 22.3 Å². The van der Waals surface area contributed by atoms with Gasteiger partial charge in [-0.05, 0) is 43.7 Å². The van der Waals surface area contributed by atoms with Crippen molar-refractivity contribution in [2.24, 2.45) is 0 Å². The number of hydrogen-bond acceptors (Lipinski definition) is 9. The van der Waals surface area contributed by atoms with Gasteiger partial charge in [0, 0.05) is 29.5 Å². The Hall–Kier alpha value is -2.82. The Balaban J connectivity index is 1.41. The summed E-state index contributed by atoms with van der Waals surface area (Å²) in [6.07, 6.45) is -4.67. The molecule has 33 heavy (non-hydrogen) atoms. The lowest BCUT2D eigenvalue weighted by molar-refractivity contribution is -0.242. The SMILES string of the molecule is CC1(C)O[C@H]1Cc1cc2cc(-c3cc(O)cc(O[C@@H]4OC[C@@H](O)[C@H](O)[C@H]4O)c3)oc2cc1O. The second-order valence-electron chi connectivity index (χ2n) is 9.13. The molecule has 1 aromatic heterocycles. The largest absolute Gasteiger partial charge is 0.508 e. The fourth-order valence-electron chi connectivity index (χ4n) is 4.06. The van der Waals surface area contributed by atoms with Gasteiger partial charge in [0.25, 0.3) is 0 Å². The summed E-state index contributed by atoms with van der Waals surface area (Å²) < 4.78 is 22.4. The van der Waals surface area contributed by atoms with Crippen LogP contribution in [-0.2, 0) is 15.9 Å². The second kappa shape index (κ2) is 7.89. The molecule has 2 aliphatic rings. The first-order chi connectivity index (χ1) is 15.6. The van der Waals surface area contributed by atoms with Crippen molar-refractivity contribution in [3.63, 3.8) is 0 Å². The van der Waals surface area contributed by atoms with E-state index >= 15 is 0 Å². The number of fused-ring (bicyclic) bond motifs is 1. The van der Waals surface area contributed by atoms with Crippen LogP contribution in [0.3, 0.4) is 0 Å². The van der Waals surface area contributed by atoms with Crippen LogP contribution < -0.4 is 4.74 Å². The molecule has 0 unspecified atom stereocenters. The van der Waals surface area contributed by atoms with Crippen LogP contribution in [0.15, 0.2) is 40.8 Å². The van der Waals surface area contributed by atoms with Crippen molar-refractivity contribution in [3.05, 3.63) is 42.0 Å². The summed E-state index contributed by atoms with van der Waals surface area (Å²) in [6.45, 7) is 3.81. The van der Waals surface area contributed by atoms with Gasteiger partial charge in [-0.25, -0.2) is 0 Å². The van der Waals surface area contributed by atoms with Crippen molar-refractivity contribution in [2.45, 2.75) is 56.6 Å². The van der Waals surface area contributed by atoms with Crippen molar-refractivity contribution < 1.29 is 44.2 Å². The molecule has 0 radical (unpaired) electrons. The third-order valence-corrected chi connectivity index (χ3v) is 6.17. The number of aliphatic hydroxyl groups is 3. The minimum absolute atomic E-state index is 0.0509. The van der Waals surface area contributed by atoms with Gasteiger partial charge >= 0.3 is 0 Å². The zero-order valence-corrected chi connectivity index (χ0v) is 18.1. The normalized spacial score (nSPS) is 28.7. The maximum atomic E-state index is 10.4. The Morgan fingerprint density at radius 2 is 1.76 bits per heavy atom. The third kappa shape index (κ3) is 4.25. The summed E-state index contributed by atoms with van der Waals surface area (Å²) in [6, 6.07) is 9.62. The van der Waals surface area contributed by atoms with Crippen molar-refractivity contribution >= 4 is 11.0 Å². The molecule has 0 aliphatic carbocycles. The van der Waals surface area contributed by atoms with E-state index in [1.165, 1.54) is 12.1 Å². The number of furan rings is 1. The summed E-state index contributed by atoms with van der Waals surface area (Å²) in [5, 5.41) is 50.9. The summed E-state index contributed by atoms with van der Waals surface area (Å²) in [7, 11) is 0. The number of rotatable bonds is 5. The molecule has 3 heterocycles. The Morgan fingerprint density at radius 3 is 2.48 bits per heavy atom. The molecule has 0 spiro atoms. The van der Waals surface area contributed by atoms with E-state index in [1.807, 2.05) is 19.9 Å². The van der Waals surface area contributed by atoms with Crippen molar-refractivity contribution in [1.29, 1.82) is 0 Å². The van der Waals surface area contributed by atoms with Crippen molar-refractivity contribution in [1.82, 2.24) is 0 Å². The van der Waals surface area contributed by atoms with E-state index in [4.69, 9.17) is 18.6 Å². The Labute approximate surface area is 189 Å². The molecule has 5 rings (SSSR count). The number of ether oxygens (including phenoxy) is 3. The molecule has 2 fully saturated rings. The Morgan fingerprint density at radius 1 is 1.00 bits per heavy atom. The number of hydrogen-bond donors (Lipinski definition) is 5. The molecule has 2 aromatic carbocycles. The van der Waals surface area contributed by atoms with Gasteiger partial charge in [-0.15, -0.1) is 0 Å². The summed E-state index contributed by atoms with van der Waals surface area (Å²) in [5.41, 5.74) is 1.55. The van der Waals surface area contributed by atoms with Gasteiger partial charge in [0.15, 0.2) is 0 Å². The van der Waals surface area contributed by atoms with Crippen LogP contribution in [0.5, 0.6) is 17.2 Å². The lowest BCUT2D eigenvalue weighted by atomic mass is 10.0. The topological polar surface area (TPSA) is 145 Å². The van der Waals surface area contributed by atoms with E-state index in [2.05, 4.69) is 0 Å². The average molecular weight is 458 g/mol. The summed E-state index contributed by atoms with van der Waals surface area (Å²) in [5.74, 6) is 0.630. The molecule has 2 aliphatic heterocycles. The first-order valence-electron chi connectivity index (χ1n) is 10.7. The predicted molar refractivity (Wildman–Crippen MR) is 116 cm³/mol. The number of benzene rings is 2. The Kier molecular flexibility index (Phi) is 5.26. The van der Waals surface area contributed by atoms with Gasteiger partial charge in [-0.2, -0.15) is 0 Å². The third-order valence-electron chi connectivity index (χ3n) is 6.17. The summed E-state index contributed by atoms with van der Waals surface area (Å²) in [4.78, 5) is 0. The highest BCUT2D eigenvalue weighted by molar-refractivity contribution is 5.85. The van der Waals surface area contributed by atoms with E-state index in [9.17, 15) is 25.5 Å². The maximum absolute atomic E-state index is 10.4. The number of epoxide rings is 1. The predicted octanol–water partition coefficient (Wildman–Crippen LogP) is 2.05. The van der Waals surface area contributed by atoms with Crippen LogP contribution in [0, 0.1) is 0 Å². The Bertz CT molecular complexity index is 1180. The number of phenolic OH excluding ortho intramolecular Hbond substituents is 2. The minimum Gasteiger partial charge on any atom is -0.508 e.